The van der Waals surface area contributed by atoms with E-state index in [0.717, 1.165) is 27.9 Å². The summed E-state index contributed by atoms with van der Waals surface area (Å²) in [6.45, 7) is 1.11. The number of alkyl halides is 1. The molecule has 1 atom stereocenters. The molecule has 38 heavy (non-hydrogen) atoms. The number of hydrogen-bond donors (Lipinski definition) is 1. The first-order valence-electron chi connectivity index (χ1n) is 12.7. The van der Waals surface area contributed by atoms with E-state index in [1.807, 2.05) is 137 Å². The molecule has 0 saturated heterocycles. The summed E-state index contributed by atoms with van der Waals surface area (Å²) in [6.07, 6.45) is 2.38. The fourth-order valence-corrected chi connectivity index (χ4v) is 7.94. The van der Waals surface area contributed by atoms with E-state index >= 15 is 4.57 Å². The van der Waals surface area contributed by atoms with Gasteiger partial charge in [-0.3, -0.25) is 4.57 Å². The van der Waals surface area contributed by atoms with Gasteiger partial charge in [0.25, 0.3) is 0 Å². The minimum Gasteiger partial charge on any atom is -0.383 e. The Morgan fingerprint density at radius 3 is 2.00 bits per heavy atom. The smallest absolute Gasteiger partial charge is 0.247 e. The zero-order valence-corrected chi connectivity index (χ0v) is 22.7. The predicted molar refractivity (Wildman–Crippen MR) is 162 cm³/mol. The van der Waals surface area contributed by atoms with Crippen LogP contribution < -0.4 is 15.0 Å². The van der Waals surface area contributed by atoms with Crippen LogP contribution >= 0.6 is 18.9 Å². The highest BCUT2D eigenvalue weighted by Gasteiger charge is 2.43. The molecule has 4 aromatic carbocycles. The Balaban J connectivity index is 1.62. The molecule has 1 heterocycles. The van der Waals surface area contributed by atoms with Gasteiger partial charge in [-0.05, 0) is 42.8 Å². The number of nitrogens with one attached hydrogen (secondary N) is 1. The molecule has 7 heteroatoms. The van der Waals surface area contributed by atoms with Gasteiger partial charge >= 0.3 is 0 Å². The summed E-state index contributed by atoms with van der Waals surface area (Å²) >= 11 is 6.33. The minimum atomic E-state index is -3.40. The molecule has 0 radical (unpaired) electrons. The van der Waals surface area contributed by atoms with E-state index in [2.05, 4.69) is 5.32 Å². The van der Waals surface area contributed by atoms with Gasteiger partial charge in [-0.1, -0.05) is 84.9 Å². The summed E-state index contributed by atoms with van der Waals surface area (Å²) < 4.78 is 17.6. The van der Waals surface area contributed by atoms with Crippen LogP contribution in [0.5, 0.6) is 0 Å². The van der Waals surface area contributed by atoms with Crippen LogP contribution in [0, 0.1) is 0 Å². The number of allylic oxidation sites excluding steroid dienone is 1. The predicted octanol–water partition coefficient (Wildman–Crippen LogP) is 8.24. The Labute approximate surface area is 229 Å². The topological polar surface area (TPSA) is 47.9 Å². The number of hydrogen-bond acceptors (Lipinski definition) is 4. The number of nitrogens with zero attached hydrogens (tertiary/aromatic N) is 3. The summed E-state index contributed by atoms with van der Waals surface area (Å²) in [6, 6.07) is 39.7. The van der Waals surface area contributed by atoms with Crippen LogP contribution in [-0.4, -0.2) is 24.4 Å². The van der Waals surface area contributed by atoms with Crippen molar-refractivity contribution in [3.05, 3.63) is 138 Å². The van der Waals surface area contributed by atoms with Crippen LogP contribution in [0.3, 0.4) is 0 Å². The Morgan fingerprint density at radius 2 is 1.37 bits per heavy atom. The molecule has 192 valence electrons. The molecule has 4 aromatic rings. The lowest BCUT2D eigenvalue weighted by atomic mass is 10.2. The van der Waals surface area contributed by atoms with E-state index in [-0.39, 0.29) is 0 Å². The first kappa shape index (κ1) is 25.8. The second-order valence-corrected chi connectivity index (χ2v) is 11.9. The molecule has 1 aliphatic heterocycles. The third-order valence-corrected chi connectivity index (χ3v) is 9.71. The molecule has 0 aliphatic carbocycles. The maximum Gasteiger partial charge on any atom is 0.247 e. The largest absolute Gasteiger partial charge is 0.383 e. The number of benzene rings is 4. The molecule has 5 rings (SSSR count). The van der Waals surface area contributed by atoms with Crippen molar-refractivity contribution in [2.45, 2.75) is 6.42 Å². The number of para-hydroxylation sites is 3. The third-order valence-electron chi connectivity index (χ3n) is 6.37. The lowest BCUT2D eigenvalue weighted by molar-refractivity contribution is 0.581. The Morgan fingerprint density at radius 1 is 0.789 bits per heavy atom. The normalized spacial score (nSPS) is 16.9. The summed E-state index contributed by atoms with van der Waals surface area (Å²) in [5, 5.41) is 11.1. The number of halogens is 1. The van der Waals surface area contributed by atoms with Crippen molar-refractivity contribution in [1.29, 1.82) is 0 Å². The number of anilines is 3. The van der Waals surface area contributed by atoms with Gasteiger partial charge in [-0.2, -0.15) is 5.10 Å². The monoisotopic (exact) mass is 540 g/mol. The highest BCUT2D eigenvalue weighted by molar-refractivity contribution is 7.86. The molecule has 5 nitrogen and oxygen atoms in total. The van der Waals surface area contributed by atoms with Gasteiger partial charge in [0.1, 0.15) is 0 Å². The average Bonchev–Trinajstić information content (AvgIpc) is 2.98. The lowest BCUT2D eigenvalue weighted by Crippen LogP contribution is -2.33. The highest BCUT2D eigenvalue weighted by Crippen LogP contribution is 2.64. The zero-order valence-electron chi connectivity index (χ0n) is 21.0. The molecular formula is C31H30ClN4OP. The quantitative estimate of drug-likeness (QED) is 0.162. The summed E-state index contributed by atoms with van der Waals surface area (Å²) in [5.74, 6) is 0.353. The van der Waals surface area contributed by atoms with Crippen molar-refractivity contribution >= 4 is 41.4 Å². The Hall–Kier alpha value is -3.79. The van der Waals surface area contributed by atoms with Gasteiger partial charge in [0, 0.05) is 47.4 Å². The molecule has 1 aliphatic rings. The van der Waals surface area contributed by atoms with E-state index in [9.17, 15) is 0 Å². The molecular weight excluding hydrogens is 511 g/mol. The molecule has 0 fully saturated rings. The van der Waals surface area contributed by atoms with Gasteiger partial charge in [0.15, 0.2) is 5.45 Å². The van der Waals surface area contributed by atoms with E-state index in [1.165, 1.54) is 0 Å². The summed E-state index contributed by atoms with van der Waals surface area (Å²) in [7, 11) is -3.40. The van der Waals surface area contributed by atoms with Crippen LogP contribution in [0.25, 0.3) is 0 Å². The third kappa shape index (κ3) is 5.55. The second kappa shape index (κ2) is 12.2. The fraction of sp³-hybridized carbons (Fsp3) is 0.129. The van der Waals surface area contributed by atoms with Gasteiger partial charge in [0.05, 0.1) is 5.69 Å². The minimum absolute atomic E-state index is 0.353. The van der Waals surface area contributed by atoms with Crippen molar-refractivity contribution in [2.75, 3.05) is 34.0 Å². The van der Waals surface area contributed by atoms with E-state index < -0.39 is 7.29 Å². The van der Waals surface area contributed by atoms with Crippen molar-refractivity contribution in [1.82, 2.24) is 0 Å². The Bertz CT molecular complexity index is 1430. The molecule has 0 amide bonds. The van der Waals surface area contributed by atoms with Crippen LogP contribution in [0.1, 0.15) is 12.0 Å². The van der Waals surface area contributed by atoms with Crippen LogP contribution in [0.4, 0.5) is 17.1 Å². The SMILES string of the molecule is O=[P@]1(N(CCNc2ccccc2)c2ccccc2)C(CCCl)=CN(c2ccccc2)N=C1c1ccccc1. The van der Waals surface area contributed by atoms with E-state index in [0.29, 0.717) is 30.8 Å². The molecule has 0 saturated carbocycles. The van der Waals surface area contributed by atoms with Gasteiger partial charge in [-0.15, -0.1) is 11.6 Å². The second-order valence-electron chi connectivity index (χ2n) is 8.86. The fourth-order valence-electron chi connectivity index (χ4n) is 4.56. The maximum absolute atomic E-state index is 15.6. The average molecular weight is 541 g/mol. The van der Waals surface area contributed by atoms with Crippen molar-refractivity contribution < 1.29 is 4.57 Å². The van der Waals surface area contributed by atoms with Crippen molar-refractivity contribution in [2.24, 2.45) is 5.10 Å². The first-order valence-corrected chi connectivity index (χ1v) is 14.9. The lowest BCUT2D eigenvalue weighted by Gasteiger charge is -2.39. The van der Waals surface area contributed by atoms with Crippen LogP contribution in [-0.2, 0) is 4.57 Å². The van der Waals surface area contributed by atoms with E-state index in [4.69, 9.17) is 16.7 Å². The van der Waals surface area contributed by atoms with Crippen LogP contribution in [0.15, 0.2) is 138 Å². The highest BCUT2D eigenvalue weighted by atomic mass is 35.5. The number of rotatable bonds is 10. The molecule has 0 spiro atoms. The maximum atomic E-state index is 15.6. The molecule has 1 N–H and O–H groups in total. The molecule has 0 bridgehead atoms. The van der Waals surface area contributed by atoms with Gasteiger partial charge < -0.3 is 9.99 Å². The summed E-state index contributed by atoms with van der Waals surface area (Å²) in [5.41, 5.74) is 4.17. The molecule has 0 aromatic heterocycles. The standard InChI is InChI=1S/C31H30ClN4OP/c32-22-21-30-25-35(28-17-9-3-10-18-28)34-31(26-13-5-1-6-14-26)38(30,37)36(29-19-11-4-12-20-29)24-23-33-27-15-7-2-8-16-27/h1-20,25,33H,21-24H2/t38-/m1/s1. The van der Waals surface area contributed by atoms with Crippen molar-refractivity contribution in [3.63, 3.8) is 0 Å². The zero-order chi connectivity index (χ0) is 26.2. The molecule has 0 unspecified atom stereocenters. The van der Waals surface area contributed by atoms with E-state index in [1.54, 1.807) is 0 Å². The van der Waals surface area contributed by atoms with Crippen molar-refractivity contribution in [3.8, 4) is 0 Å². The Kier molecular flexibility index (Phi) is 8.28. The van der Waals surface area contributed by atoms with Gasteiger partial charge in [0.2, 0.25) is 7.29 Å². The van der Waals surface area contributed by atoms with Crippen LogP contribution in [0.2, 0.25) is 0 Å². The number of hydrazone groups is 1. The van der Waals surface area contributed by atoms with Gasteiger partial charge in [-0.25, -0.2) is 5.01 Å². The summed E-state index contributed by atoms with van der Waals surface area (Å²) in [4.78, 5) is 0. The first-order chi connectivity index (χ1) is 18.7.